The summed E-state index contributed by atoms with van der Waals surface area (Å²) in [7, 11) is -0.418. The van der Waals surface area contributed by atoms with Gasteiger partial charge in [-0.3, -0.25) is 0 Å². The first kappa shape index (κ1) is 133. The van der Waals surface area contributed by atoms with E-state index in [-0.39, 0.29) is 79.2 Å². The first-order chi connectivity index (χ1) is 60.1. The van der Waals surface area contributed by atoms with Crippen molar-refractivity contribution in [3.63, 3.8) is 0 Å². The van der Waals surface area contributed by atoms with Crippen molar-refractivity contribution in [3.8, 4) is 109 Å². The molecule has 0 aliphatic heterocycles. The van der Waals surface area contributed by atoms with Crippen LogP contribution in [0, 0.1) is 204 Å². The second-order valence-corrected chi connectivity index (χ2v) is 55.6. The Labute approximate surface area is 767 Å². The molecular formula is C95H160N18P10. The van der Waals surface area contributed by atoms with Crippen LogP contribution >= 0.6 is 79.2 Å². The molecule has 680 valence electrons. The van der Waals surface area contributed by atoms with E-state index in [1.165, 1.54) is 189 Å². The van der Waals surface area contributed by atoms with Crippen molar-refractivity contribution in [2.45, 2.75) is 293 Å². The Balaban J connectivity index is -0.000000206. The lowest BCUT2D eigenvalue weighted by Gasteiger charge is -2.20. The van der Waals surface area contributed by atoms with Crippen LogP contribution in [0.15, 0.2) is 12.2 Å². The van der Waals surface area contributed by atoms with Crippen LogP contribution in [0.1, 0.15) is 293 Å². The molecule has 0 aliphatic rings. The molecule has 0 saturated heterocycles. The standard InChI is InChI=1S/C15H25N3P2.C14H23N3P2.2C12H21N2P.2C11H19N2P.C11H17N2P.C9H15N2P/c1-2-10-19(11-3-7-16)14-6-15-20(12-4-8-17)13-5-9-18;1-2-9-18(10-3-6-15)13-14-19(11-4-7-16)12-5-8-17;1-2-3-10-15(11-6-4-8-13)12-7-5-9-14;1-2-3-4-5-10-15(11-6-8-13)12-7-9-14;1-2-3-9-14(11-6-8-13)10-5-4-7-12;2*1-2-3-4-9-14(10-5-7-12)11-6-8-13;1-2-3-7-12(9-6-11)8-4-5-10/h2-6,10-15H2,1H3;2-5,9-14H2,1H3;2*2-7,10-12H2,1H3;2*2-6,9-11H2,1H3;3-4H,2,5-6,9-11H2,1H3;2-4,7-9H2,1H3/b;;;;;;4-3+;. The van der Waals surface area contributed by atoms with Crippen LogP contribution in [0.3, 0.4) is 0 Å². The molecule has 0 radical (unpaired) electrons. The minimum absolute atomic E-state index is 0.00125. The highest BCUT2D eigenvalue weighted by Crippen LogP contribution is 2.47. The Hall–Kier alpha value is -5.14. The second-order valence-electron chi connectivity index (χ2n) is 29.0. The van der Waals surface area contributed by atoms with Gasteiger partial charge in [-0.2, -0.15) is 94.7 Å². The molecule has 0 amide bonds. The van der Waals surface area contributed by atoms with Gasteiger partial charge in [-0.1, -0.05) is 140 Å². The molecule has 0 aromatic carbocycles. The Bertz CT molecular complexity index is 3080. The van der Waals surface area contributed by atoms with Crippen molar-refractivity contribution in [2.24, 2.45) is 0 Å². The zero-order valence-corrected chi connectivity index (χ0v) is 87.0. The third-order valence-electron chi connectivity index (χ3n) is 18.6. The van der Waals surface area contributed by atoms with Gasteiger partial charge >= 0.3 is 0 Å². The molecule has 0 N–H and O–H groups in total. The molecule has 18 nitrogen and oxygen atoms in total. The van der Waals surface area contributed by atoms with E-state index < -0.39 is 0 Å². The van der Waals surface area contributed by atoms with Crippen LogP contribution in [0.4, 0.5) is 0 Å². The van der Waals surface area contributed by atoms with Crippen LogP contribution in [0.5, 0.6) is 0 Å². The summed E-state index contributed by atoms with van der Waals surface area (Å²) in [4.78, 5) is 0. The predicted molar refractivity (Wildman–Crippen MR) is 542 cm³/mol. The Morgan fingerprint density at radius 1 is 0.146 bits per heavy atom. The normalized spacial score (nSPS) is 10.8. The molecule has 0 aromatic heterocycles. The first-order valence-corrected chi connectivity index (χ1v) is 64.7. The summed E-state index contributed by atoms with van der Waals surface area (Å²) in [5.74, 6) is 0. The number of hydrogen-bond donors (Lipinski definition) is 0. The monoisotopic (exact) mass is 1860 g/mol. The number of hydrogen-bond acceptors (Lipinski definition) is 18. The van der Waals surface area contributed by atoms with Gasteiger partial charge in [0.1, 0.15) is 0 Å². The zero-order chi connectivity index (χ0) is 93.3. The molecule has 0 fully saturated rings. The summed E-state index contributed by atoms with van der Waals surface area (Å²) in [6.07, 6.45) is 73.4. The molecule has 0 heterocycles. The third-order valence-corrected chi connectivity index (χ3v) is 45.6. The fraction of sp³-hybridized carbons (Fsp3) is 0.789. The molecule has 0 aliphatic carbocycles. The van der Waals surface area contributed by atoms with E-state index >= 15 is 0 Å². The van der Waals surface area contributed by atoms with Gasteiger partial charge in [0, 0.05) is 109 Å². The molecule has 0 aromatic rings. The number of nitrogens with zero attached hydrogens (tertiary/aromatic N) is 18. The minimum Gasteiger partial charge on any atom is -0.198 e. The van der Waals surface area contributed by atoms with E-state index in [0.717, 1.165) is 118 Å². The number of unbranched alkanes of at least 4 members (excludes halogenated alkanes) is 11. The molecule has 28 heteroatoms. The highest BCUT2D eigenvalue weighted by molar-refractivity contribution is 7.62. The van der Waals surface area contributed by atoms with Crippen molar-refractivity contribution in [1.29, 1.82) is 94.7 Å². The van der Waals surface area contributed by atoms with E-state index in [9.17, 15) is 0 Å². The fourth-order valence-corrected chi connectivity index (χ4v) is 35.1. The summed E-state index contributed by atoms with van der Waals surface area (Å²) in [6.45, 7) is 17.5. The van der Waals surface area contributed by atoms with E-state index in [0.29, 0.717) is 115 Å². The van der Waals surface area contributed by atoms with Gasteiger partial charge in [-0.05, 0) is 243 Å². The average Bonchev–Trinajstić information content (AvgIpc) is 0.973. The van der Waals surface area contributed by atoms with Gasteiger partial charge in [0.05, 0.1) is 115 Å². The fourth-order valence-electron chi connectivity index (χ4n) is 11.7. The summed E-state index contributed by atoms with van der Waals surface area (Å²) < 4.78 is 0. The molecule has 4 atom stereocenters. The average molecular weight is 1860 g/mol. The largest absolute Gasteiger partial charge is 0.198 e. The molecule has 123 heavy (non-hydrogen) atoms. The van der Waals surface area contributed by atoms with Gasteiger partial charge in [0.25, 0.3) is 0 Å². The maximum absolute atomic E-state index is 8.69. The molecule has 4 unspecified atom stereocenters. The summed E-state index contributed by atoms with van der Waals surface area (Å²) in [6, 6.07) is 39.7. The Morgan fingerprint density at radius 3 is 0.602 bits per heavy atom. The molecular weight excluding hydrogens is 1700 g/mol. The maximum atomic E-state index is 8.69. The zero-order valence-electron chi connectivity index (χ0n) is 78.1. The van der Waals surface area contributed by atoms with E-state index in [1.807, 2.05) is 0 Å². The molecule has 0 bridgehead atoms. The van der Waals surface area contributed by atoms with E-state index in [1.54, 1.807) is 0 Å². The van der Waals surface area contributed by atoms with E-state index in [4.69, 9.17) is 94.7 Å². The number of rotatable bonds is 70. The lowest BCUT2D eigenvalue weighted by Crippen LogP contribution is -2.02. The SMILES string of the molecule is CC/C=C/CP(CCC#N)CCC#N.CCCCCCP(CCC#N)CCC#N.CCCCCP(CCC#N)CCC#N.CCCCP(CC#N)CCC#N.CCCCP(CCC#N)CCCC#N.CCCCP(CCCC#N)CCCC#N.CCCP(CCC#N)CCCP(CCC#N)CCC#N.CCCP(CCC#N)CCP(CCC#N)CCC#N. The molecule has 0 rings (SSSR count). The van der Waals surface area contributed by atoms with Crippen molar-refractivity contribution in [3.05, 3.63) is 12.2 Å². The van der Waals surface area contributed by atoms with Gasteiger partial charge in [-0.25, -0.2) is 0 Å². The van der Waals surface area contributed by atoms with Crippen LogP contribution in [-0.2, 0) is 0 Å². The topological polar surface area (TPSA) is 428 Å². The Morgan fingerprint density at radius 2 is 0.341 bits per heavy atom. The van der Waals surface area contributed by atoms with E-state index in [2.05, 4.69) is 177 Å². The summed E-state index contributed by atoms with van der Waals surface area (Å²) in [5, 5.41) is 154. The highest BCUT2D eigenvalue weighted by atomic mass is 31.1. The third kappa shape index (κ3) is 119. The van der Waals surface area contributed by atoms with Crippen LogP contribution in [0.25, 0.3) is 0 Å². The number of nitriles is 18. The van der Waals surface area contributed by atoms with Crippen molar-refractivity contribution in [1.82, 2.24) is 0 Å². The second kappa shape index (κ2) is 125. The quantitative estimate of drug-likeness (QED) is 0.0310. The minimum atomic E-state index is -0.156. The lowest BCUT2D eigenvalue weighted by atomic mass is 10.2. The summed E-state index contributed by atoms with van der Waals surface area (Å²) in [5.41, 5.74) is 0. The smallest absolute Gasteiger partial charge is 0.0668 e. The molecule has 0 spiro atoms. The Kier molecular flexibility index (Phi) is 136. The van der Waals surface area contributed by atoms with Gasteiger partial charge in [0.2, 0.25) is 0 Å². The van der Waals surface area contributed by atoms with Gasteiger partial charge in [-0.15, -0.1) is 71.3 Å². The van der Waals surface area contributed by atoms with Crippen LogP contribution in [0.2, 0.25) is 0 Å². The highest BCUT2D eigenvalue weighted by Gasteiger charge is 2.16. The van der Waals surface area contributed by atoms with Crippen LogP contribution < -0.4 is 0 Å². The molecule has 0 saturated carbocycles. The lowest BCUT2D eigenvalue weighted by molar-refractivity contribution is 0.704. The van der Waals surface area contributed by atoms with Gasteiger partial charge < -0.3 is 0 Å². The van der Waals surface area contributed by atoms with Crippen molar-refractivity contribution >= 4 is 79.2 Å². The van der Waals surface area contributed by atoms with Gasteiger partial charge in [0.15, 0.2) is 0 Å². The van der Waals surface area contributed by atoms with Crippen molar-refractivity contribution in [2.75, 3.05) is 185 Å². The predicted octanol–water partition coefficient (Wildman–Crippen LogP) is 29.3. The maximum Gasteiger partial charge on any atom is 0.0668 e. The number of allylic oxidation sites excluding steroid dienone is 2. The summed E-state index contributed by atoms with van der Waals surface area (Å²) >= 11 is 0. The first-order valence-electron chi connectivity index (χ1n) is 45.7. The van der Waals surface area contributed by atoms with Crippen LogP contribution in [-0.4, -0.2) is 185 Å². The van der Waals surface area contributed by atoms with Crippen molar-refractivity contribution < 1.29 is 0 Å².